The quantitative estimate of drug-likeness (QED) is 0.345. The van der Waals surface area contributed by atoms with Gasteiger partial charge in [-0.1, -0.05) is 24.3 Å². The predicted octanol–water partition coefficient (Wildman–Crippen LogP) is 3.46. The van der Waals surface area contributed by atoms with Gasteiger partial charge in [0.2, 0.25) is 0 Å². The summed E-state index contributed by atoms with van der Waals surface area (Å²) < 4.78 is 43.2. The van der Waals surface area contributed by atoms with Crippen LogP contribution in [0.1, 0.15) is 17.7 Å². The van der Waals surface area contributed by atoms with Gasteiger partial charge < -0.3 is 9.80 Å². The van der Waals surface area contributed by atoms with Crippen LogP contribution in [-0.4, -0.2) is 77.8 Å². The molecule has 0 spiro atoms. The number of anilines is 1. The van der Waals surface area contributed by atoms with Gasteiger partial charge in [0.15, 0.2) is 0 Å². The number of amides is 2. The van der Waals surface area contributed by atoms with E-state index in [1.807, 2.05) is 32.7 Å². The summed E-state index contributed by atoms with van der Waals surface area (Å²) in [5, 5.41) is 3.95. The molecule has 0 N–H and O–H groups in total. The zero-order valence-corrected chi connectivity index (χ0v) is 23.7. The number of rotatable bonds is 8. The minimum absolute atomic E-state index is 0.0338. The minimum atomic E-state index is -4.31. The van der Waals surface area contributed by atoms with Crippen molar-refractivity contribution in [3.8, 4) is 0 Å². The summed E-state index contributed by atoms with van der Waals surface area (Å²) in [6, 6.07) is 10.4. The van der Waals surface area contributed by atoms with Gasteiger partial charge in [0, 0.05) is 61.5 Å². The number of halogens is 1. The SMILES string of the molecule is O=C1/C(=C/N2CCN(c3ccccc3F)CC2)C(=O)N(CCC23CC2C=CS3)S(=O)(=O)N1CCc1cccs1. The Hall–Kier alpha value is -2.83. The summed E-state index contributed by atoms with van der Waals surface area (Å²) in [6.45, 7) is 1.94. The van der Waals surface area contributed by atoms with E-state index in [-0.39, 0.29) is 29.2 Å². The van der Waals surface area contributed by atoms with Crippen molar-refractivity contribution in [2.24, 2.45) is 5.92 Å². The van der Waals surface area contributed by atoms with Crippen molar-refractivity contribution in [1.29, 1.82) is 0 Å². The van der Waals surface area contributed by atoms with Gasteiger partial charge >= 0.3 is 10.2 Å². The molecule has 2 aromatic rings. The fourth-order valence-corrected chi connectivity index (χ4v) is 8.95. The number of para-hydroxylation sites is 1. The Balaban J connectivity index is 1.22. The molecule has 8 nitrogen and oxygen atoms in total. The summed E-state index contributed by atoms with van der Waals surface area (Å²) in [5.41, 5.74) is 0.376. The summed E-state index contributed by atoms with van der Waals surface area (Å²) in [4.78, 5) is 31.8. The van der Waals surface area contributed by atoms with Crippen LogP contribution in [0, 0.1) is 11.7 Å². The molecule has 1 aromatic heterocycles. The molecule has 0 radical (unpaired) electrons. The number of carbonyl (C=O) groups excluding carboxylic acids is 2. The zero-order chi connectivity index (χ0) is 27.2. The summed E-state index contributed by atoms with van der Waals surface area (Å²) in [6.07, 6.45) is 5.55. The van der Waals surface area contributed by atoms with Crippen LogP contribution in [0.2, 0.25) is 0 Å². The lowest BCUT2D eigenvalue weighted by molar-refractivity contribution is -0.132. The third-order valence-corrected chi connectivity index (χ3v) is 12.0. The second-order valence-electron chi connectivity index (χ2n) is 10.2. The smallest absolute Gasteiger partial charge is 0.331 e. The van der Waals surface area contributed by atoms with Gasteiger partial charge in [-0.05, 0) is 47.7 Å². The molecule has 1 saturated carbocycles. The second-order valence-corrected chi connectivity index (χ2v) is 14.3. The number of fused-ring (bicyclic) bond motifs is 1. The van der Waals surface area contributed by atoms with Gasteiger partial charge in [-0.25, -0.2) is 13.0 Å². The fourth-order valence-electron chi connectivity index (χ4n) is 5.48. The second kappa shape index (κ2) is 10.3. The number of allylic oxidation sites excluding steroid dienone is 1. The highest BCUT2D eigenvalue weighted by atomic mass is 32.2. The van der Waals surface area contributed by atoms with Gasteiger partial charge in [0.1, 0.15) is 11.4 Å². The van der Waals surface area contributed by atoms with Gasteiger partial charge in [0.05, 0.1) is 5.69 Å². The average molecular weight is 589 g/mol. The number of carbonyl (C=O) groups is 2. The maximum Gasteiger partial charge on any atom is 0.331 e. The largest absolute Gasteiger partial charge is 0.373 e. The van der Waals surface area contributed by atoms with Crippen molar-refractivity contribution in [2.45, 2.75) is 24.0 Å². The normalized spacial score (nSPS) is 27.0. The molecule has 6 rings (SSSR count). The number of hydrogen-bond donors (Lipinski definition) is 0. The highest BCUT2D eigenvalue weighted by Crippen LogP contribution is 2.62. The van der Waals surface area contributed by atoms with E-state index < -0.39 is 22.0 Å². The average Bonchev–Trinajstić information content (AvgIpc) is 3.23. The lowest BCUT2D eigenvalue weighted by Crippen LogP contribution is -2.57. The van der Waals surface area contributed by atoms with E-state index in [1.54, 1.807) is 30.0 Å². The summed E-state index contributed by atoms with van der Waals surface area (Å²) in [5.74, 6) is -1.43. The maximum atomic E-state index is 14.3. The topological polar surface area (TPSA) is 81.2 Å². The van der Waals surface area contributed by atoms with Crippen molar-refractivity contribution < 1.29 is 22.4 Å². The number of thiophene rings is 1. The van der Waals surface area contributed by atoms with E-state index in [0.717, 1.165) is 19.9 Å². The summed E-state index contributed by atoms with van der Waals surface area (Å²) >= 11 is 3.20. The molecule has 12 heteroatoms. The van der Waals surface area contributed by atoms with E-state index in [2.05, 4.69) is 6.08 Å². The van der Waals surface area contributed by atoms with E-state index in [0.29, 0.717) is 50.6 Å². The van der Waals surface area contributed by atoms with E-state index in [4.69, 9.17) is 0 Å². The molecule has 206 valence electrons. The van der Waals surface area contributed by atoms with Crippen molar-refractivity contribution in [3.63, 3.8) is 0 Å². The van der Waals surface area contributed by atoms with Crippen LogP contribution in [0.25, 0.3) is 0 Å². The third-order valence-electron chi connectivity index (χ3n) is 7.86. The Morgan fingerprint density at radius 3 is 2.38 bits per heavy atom. The van der Waals surface area contributed by atoms with Crippen molar-refractivity contribution >= 4 is 50.8 Å². The molecule has 39 heavy (non-hydrogen) atoms. The Bertz CT molecular complexity index is 1440. The third kappa shape index (κ3) is 4.98. The Labute approximate surface area is 235 Å². The molecule has 2 saturated heterocycles. The lowest BCUT2D eigenvalue weighted by atomic mass is 10.2. The molecule has 1 aliphatic carbocycles. The van der Waals surface area contributed by atoms with Gasteiger partial charge in [-0.3, -0.25) is 9.59 Å². The van der Waals surface area contributed by atoms with E-state index >= 15 is 0 Å². The zero-order valence-electron chi connectivity index (χ0n) is 21.2. The Morgan fingerprint density at radius 1 is 1.00 bits per heavy atom. The summed E-state index contributed by atoms with van der Waals surface area (Å²) in [7, 11) is -4.31. The van der Waals surface area contributed by atoms with Crippen LogP contribution in [0.4, 0.5) is 10.1 Å². The number of hydrogen-bond acceptors (Lipinski definition) is 8. The fraction of sp³-hybridized carbons (Fsp3) is 0.407. The molecule has 1 aromatic carbocycles. The molecule has 4 heterocycles. The lowest BCUT2D eigenvalue weighted by Gasteiger charge is -2.38. The standard InChI is InChI=1S/C27H29FN4O4S3/c28-23-5-1-2-6-24(23)30-14-12-29(13-15-30)19-22-25(33)31(10-7-21-4-3-16-37-21)39(35,36)32(26(22)34)11-9-27-18-20(27)8-17-38-27/h1-6,8,16-17,19-20H,7,9-15,18H2/b22-19-. The molecular formula is C27H29FN4O4S3. The van der Waals surface area contributed by atoms with E-state index in [9.17, 15) is 22.4 Å². The Kier molecular flexibility index (Phi) is 6.96. The number of benzene rings is 1. The maximum absolute atomic E-state index is 14.3. The van der Waals surface area contributed by atoms with Crippen molar-refractivity contribution in [3.05, 3.63) is 75.7 Å². The van der Waals surface area contributed by atoms with Gasteiger partial charge in [0.25, 0.3) is 11.8 Å². The van der Waals surface area contributed by atoms with Gasteiger partial charge in [-0.2, -0.15) is 8.42 Å². The molecule has 2 amide bonds. The highest BCUT2D eigenvalue weighted by molar-refractivity contribution is 8.04. The monoisotopic (exact) mass is 588 g/mol. The molecule has 3 aliphatic heterocycles. The molecular weight excluding hydrogens is 560 g/mol. The van der Waals surface area contributed by atoms with Crippen molar-refractivity contribution in [2.75, 3.05) is 44.2 Å². The Morgan fingerprint density at radius 2 is 1.74 bits per heavy atom. The number of piperazine rings is 1. The van der Waals surface area contributed by atoms with E-state index in [1.165, 1.54) is 23.6 Å². The first-order valence-corrected chi connectivity index (χ1v) is 16.2. The highest BCUT2D eigenvalue weighted by Gasteiger charge is 2.56. The molecule has 3 fully saturated rings. The van der Waals surface area contributed by atoms with Crippen LogP contribution in [-0.2, 0) is 26.2 Å². The number of thioether (sulfide) groups is 1. The van der Waals surface area contributed by atoms with Crippen LogP contribution in [0.5, 0.6) is 0 Å². The first-order chi connectivity index (χ1) is 18.8. The molecule has 0 bridgehead atoms. The van der Waals surface area contributed by atoms with Gasteiger partial charge in [-0.15, -0.1) is 23.1 Å². The predicted molar refractivity (Wildman–Crippen MR) is 151 cm³/mol. The molecule has 2 atom stereocenters. The first kappa shape index (κ1) is 26.4. The molecule has 2 unspecified atom stereocenters. The minimum Gasteiger partial charge on any atom is -0.373 e. The van der Waals surface area contributed by atoms with Crippen LogP contribution >= 0.6 is 23.1 Å². The van der Waals surface area contributed by atoms with Crippen molar-refractivity contribution in [1.82, 2.24) is 13.5 Å². The van der Waals surface area contributed by atoms with Crippen LogP contribution in [0.3, 0.4) is 0 Å². The molecule has 4 aliphatic rings. The van der Waals surface area contributed by atoms with Crippen LogP contribution in [0.15, 0.2) is 65.0 Å². The van der Waals surface area contributed by atoms with Crippen LogP contribution < -0.4 is 4.90 Å². The first-order valence-electron chi connectivity index (χ1n) is 13.0. The number of nitrogens with zero attached hydrogens (tertiary/aromatic N) is 4.